The van der Waals surface area contributed by atoms with Crippen LogP contribution in [0.2, 0.25) is 0 Å². The molecule has 1 aliphatic rings. The SMILES string of the molecule is CCN1CCCc2cc(CCN(C)c3ccc(C)c(OC)c3)c(F)cc21. The molecule has 0 spiro atoms. The lowest BCUT2D eigenvalue weighted by molar-refractivity contribution is 0.411. The van der Waals surface area contributed by atoms with Crippen LogP contribution in [0.3, 0.4) is 0 Å². The first-order chi connectivity index (χ1) is 12.5. The highest BCUT2D eigenvalue weighted by atomic mass is 19.1. The molecule has 3 nitrogen and oxygen atoms in total. The molecular weight excluding hydrogens is 327 g/mol. The molecule has 4 heteroatoms. The van der Waals surface area contributed by atoms with Gasteiger partial charge in [-0.2, -0.15) is 0 Å². The van der Waals surface area contributed by atoms with Crippen molar-refractivity contribution in [2.75, 3.05) is 43.6 Å². The second kappa shape index (κ2) is 7.98. The van der Waals surface area contributed by atoms with E-state index in [1.165, 1.54) is 5.56 Å². The van der Waals surface area contributed by atoms with Crippen molar-refractivity contribution >= 4 is 11.4 Å². The number of hydrogen-bond acceptors (Lipinski definition) is 3. The van der Waals surface area contributed by atoms with E-state index in [2.05, 4.69) is 34.9 Å². The van der Waals surface area contributed by atoms with Crippen LogP contribution in [0.4, 0.5) is 15.8 Å². The average Bonchev–Trinajstić information content (AvgIpc) is 2.66. The summed E-state index contributed by atoms with van der Waals surface area (Å²) in [6, 6.07) is 10.00. The van der Waals surface area contributed by atoms with Crippen molar-refractivity contribution < 1.29 is 9.13 Å². The van der Waals surface area contributed by atoms with Gasteiger partial charge in [-0.3, -0.25) is 0 Å². The molecule has 3 rings (SSSR count). The van der Waals surface area contributed by atoms with Gasteiger partial charge in [0.2, 0.25) is 0 Å². The van der Waals surface area contributed by atoms with Crippen LogP contribution in [0.15, 0.2) is 30.3 Å². The first kappa shape index (κ1) is 18.6. The summed E-state index contributed by atoms with van der Waals surface area (Å²) in [7, 11) is 3.73. The minimum Gasteiger partial charge on any atom is -0.496 e. The number of anilines is 2. The van der Waals surface area contributed by atoms with Crippen LogP contribution in [0.5, 0.6) is 5.75 Å². The number of aryl methyl sites for hydroxylation is 2. The van der Waals surface area contributed by atoms with E-state index in [1.54, 1.807) is 13.2 Å². The minimum absolute atomic E-state index is 0.0843. The number of rotatable bonds is 6. The Bertz CT molecular complexity index is 775. The van der Waals surface area contributed by atoms with Gasteiger partial charge in [0.25, 0.3) is 0 Å². The number of hydrogen-bond donors (Lipinski definition) is 0. The Kier molecular flexibility index (Phi) is 5.70. The summed E-state index contributed by atoms with van der Waals surface area (Å²) in [4.78, 5) is 4.43. The zero-order chi connectivity index (χ0) is 18.7. The molecule has 0 bridgehead atoms. The van der Waals surface area contributed by atoms with Gasteiger partial charge >= 0.3 is 0 Å². The number of methoxy groups -OCH3 is 1. The van der Waals surface area contributed by atoms with E-state index in [4.69, 9.17) is 4.74 Å². The van der Waals surface area contributed by atoms with Crippen LogP contribution in [0.25, 0.3) is 0 Å². The zero-order valence-corrected chi connectivity index (χ0v) is 16.3. The Morgan fingerprint density at radius 2 is 2.04 bits per heavy atom. The Hall–Kier alpha value is -2.23. The maximum Gasteiger partial charge on any atom is 0.128 e. The summed E-state index contributed by atoms with van der Waals surface area (Å²) < 4.78 is 20.1. The maximum absolute atomic E-state index is 14.6. The predicted octanol–water partition coefficient (Wildman–Crippen LogP) is 4.59. The fourth-order valence-corrected chi connectivity index (χ4v) is 3.72. The van der Waals surface area contributed by atoms with Gasteiger partial charge in [-0.15, -0.1) is 0 Å². The van der Waals surface area contributed by atoms with Crippen molar-refractivity contribution in [3.63, 3.8) is 0 Å². The molecule has 2 aromatic carbocycles. The highest BCUT2D eigenvalue weighted by Crippen LogP contribution is 2.30. The molecule has 140 valence electrons. The number of likely N-dealkylation sites (N-methyl/N-ethyl adjacent to an activating group) is 1. The first-order valence-electron chi connectivity index (χ1n) is 9.45. The molecule has 1 aliphatic heterocycles. The second-order valence-electron chi connectivity index (χ2n) is 7.08. The van der Waals surface area contributed by atoms with Crippen molar-refractivity contribution in [1.29, 1.82) is 0 Å². The molecule has 0 N–H and O–H groups in total. The smallest absolute Gasteiger partial charge is 0.128 e. The van der Waals surface area contributed by atoms with E-state index in [1.807, 2.05) is 20.0 Å². The van der Waals surface area contributed by atoms with Gasteiger partial charge < -0.3 is 14.5 Å². The quantitative estimate of drug-likeness (QED) is 0.753. The summed E-state index contributed by atoms with van der Waals surface area (Å²) >= 11 is 0. The monoisotopic (exact) mass is 356 g/mol. The fraction of sp³-hybridized carbons (Fsp3) is 0.455. The number of benzene rings is 2. The van der Waals surface area contributed by atoms with Crippen molar-refractivity contribution in [2.45, 2.75) is 33.1 Å². The van der Waals surface area contributed by atoms with Gasteiger partial charge in [0.05, 0.1) is 7.11 Å². The van der Waals surface area contributed by atoms with Crippen LogP contribution < -0.4 is 14.5 Å². The molecule has 0 radical (unpaired) electrons. The summed E-state index contributed by atoms with van der Waals surface area (Å²) in [5.74, 6) is 0.799. The van der Waals surface area contributed by atoms with E-state index < -0.39 is 0 Å². The lowest BCUT2D eigenvalue weighted by atomic mass is 9.97. The Labute approximate surface area is 156 Å². The van der Waals surface area contributed by atoms with E-state index >= 15 is 0 Å². The largest absolute Gasteiger partial charge is 0.496 e. The van der Waals surface area contributed by atoms with Crippen molar-refractivity contribution in [2.24, 2.45) is 0 Å². The fourth-order valence-electron chi connectivity index (χ4n) is 3.72. The summed E-state index contributed by atoms with van der Waals surface area (Å²) in [6.45, 7) is 6.89. The van der Waals surface area contributed by atoms with Crippen LogP contribution in [-0.2, 0) is 12.8 Å². The van der Waals surface area contributed by atoms with Gasteiger partial charge in [-0.25, -0.2) is 4.39 Å². The number of halogens is 1. The third kappa shape index (κ3) is 3.79. The summed E-state index contributed by atoms with van der Waals surface area (Å²) in [5.41, 5.74) is 5.38. The van der Waals surface area contributed by atoms with Gasteiger partial charge in [-0.05, 0) is 61.9 Å². The van der Waals surface area contributed by atoms with Crippen molar-refractivity contribution in [3.05, 3.63) is 52.8 Å². The van der Waals surface area contributed by atoms with Gasteiger partial charge in [0.15, 0.2) is 0 Å². The highest BCUT2D eigenvalue weighted by molar-refractivity contribution is 5.57. The summed E-state index contributed by atoms with van der Waals surface area (Å²) in [6.07, 6.45) is 2.89. The topological polar surface area (TPSA) is 15.7 Å². The molecule has 0 unspecified atom stereocenters. The number of fused-ring (bicyclic) bond motifs is 1. The average molecular weight is 356 g/mol. The van der Waals surface area contributed by atoms with Crippen LogP contribution >= 0.6 is 0 Å². The molecule has 0 atom stereocenters. The third-order valence-corrected chi connectivity index (χ3v) is 5.39. The predicted molar refractivity (Wildman–Crippen MR) is 107 cm³/mol. The van der Waals surface area contributed by atoms with Gasteiger partial charge in [-0.1, -0.05) is 12.1 Å². The molecule has 0 saturated carbocycles. The van der Waals surface area contributed by atoms with Crippen LogP contribution in [-0.4, -0.2) is 33.8 Å². The lowest BCUT2D eigenvalue weighted by Gasteiger charge is -2.31. The molecule has 2 aromatic rings. The van der Waals surface area contributed by atoms with E-state index in [0.29, 0.717) is 6.42 Å². The Morgan fingerprint density at radius 1 is 1.23 bits per heavy atom. The molecule has 0 aromatic heterocycles. The number of nitrogens with zero attached hydrogens (tertiary/aromatic N) is 2. The first-order valence-corrected chi connectivity index (χ1v) is 9.45. The lowest BCUT2D eigenvalue weighted by Crippen LogP contribution is -2.29. The van der Waals surface area contributed by atoms with E-state index in [-0.39, 0.29) is 5.82 Å². The van der Waals surface area contributed by atoms with Gasteiger partial charge in [0, 0.05) is 44.1 Å². The highest BCUT2D eigenvalue weighted by Gasteiger charge is 2.18. The van der Waals surface area contributed by atoms with E-state index in [9.17, 15) is 4.39 Å². The molecule has 0 aliphatic carbocycles. The molecular formula is C22H29FN2O. The molecule has 26 heavy (non-hydrogen) atoms. The molecule has 0 amide bonds. The second-order valence-corrected chi connectivity index (χ2v) is 7.08. The maximum atomic E-state index is 14.6. The summed E-state index contributed by atoms with van der Waals surface area (Å²) in [5, 5.41) is 0. The van der Waals surface area contributed by atoms with E-state index in [0.717, 1.165) is 60.7 Å². The van der Waals surface area contributed by atoms with Crippen LogP contribution in [0.1, 0.15) is 30.0 Å². The molecule has 1 heterocycles. The zero-order valence-electron chi connectivity index (χ0n) is 16.3. The molecule has 0 fully saturated rings. The standard InChI is InChI=1S/C22H29FN2O/c1-5-25-11-6-7-18-13-17(20(23)15-21(18)25)10-12-24(3)19-9-8-16(2)22(14-19)26-4/h8-9,13-15H,5-7,10-12H2,1-4H3. The van der Waals surface area contributed by atoms with Crippen molar-refractivity contribution in [1.82, 2.24) is 0 Å². The Morgan fingerprint density at radius 3 is 2.77 bits per heavy atom. The van der Waals surface area contributed by atoms with Crippen LogP contribution in [0, 0.1) is 12.7 Å². The normalized spacial score (nSPS) is 13.5. The van der Waals surface area contributed by atoms with Gasteiger partial charge in [0.1, 0.15) is 11.6 Å². The number of ether oxygens (including phenoxy) is 1. The third-order valence-electron chi connectivity index (χ3n) is 5.39. The Balaban J connectivity index is 1.73. The van der Waals surface area contributed by atoms with Crippen molar-refractivity contribution in [3.8, 4) is 5.75 Å². The minimum atomic E-state index is -0.0843. The molecule has 0 saturated heterocycles.